The number of hydrogen-bond acceptors (Lipinski definition) is 6. The lowest BCUT2D eigenvalue weighted by atomic mass is 10.1. The maximum atomic E-state index is 12.9. The van der Waals surface area contributed by atoms with Crippen molar-refractivity contribution >= 4 is 33.8 Å². The molecule has 1 aromatic carbocycles. The summed E-state index contributed by atoms with van der Waals surface area (Å²) in [7, 11) is 0. The second kappa shape index (κ2) is 6.13. The number of nitrogens with one attached hydrogen (secondary N) is 1. The number of aromatic nitrogens is 2. The number of halogens is 1. The number of anilines is 3. The minimum Gasteiger partial charge on any atom is -0.382 e. The lowest BCUT2D eigenvalue weighted by Gasteiger charge is -2.01. The Kier molecular flexibility index (Phi) is 4.03. The van der Waals surface area contributed by atoms with Gasteiger partial charge in [0.1, 0.15) is 16.5 Å². The van der Waals surface area contributed by atoms with E-state index in [1.54, 1.807) is 30.5 Å². The van der Waals surface area contributed by atoms with Crippen LogP contribution in [0.1, 0.15) is 20.9 Å². The molecule has 0 bridgehead atoms. The van der Waals surface area contributed by atoms with Crippen LogP contribution >= 0.6 is 11.3 Å². The van der Waals surface area contributed by atoms with Crippen molar-refractivity contribution in [3.63, 3.8) is 0 Å². The van der Waals surface area contributed by atoms with E-state index in [4.69, 9.17) is 5.73 Å². The van der Waals surface area contributed by atoms with E-state index in [0.717, 1.165) is 17.0 Å². The summed E-state index contributed by atoms with van der Waals surface area (Å²) in [4.78, 5) is 21.1. The zero-order valence-electron chi connectivity index (χ0n) is 12.2. The Balaban J connectivity index is 1.86. The summed E-state index contributed by atoms with van der Waals surface area (Å²) in [6.07, 6.45) is 1.58. The average molecular weight is 328 g/mol. The smallest absolute Gasteiger partial charge is 0.206 e. The molecule has 0 spiro atoms. The van der Waals surface area contributed by atoms with Gasteiger partial charge >= 0.3 is 0 Å². The van der Waals surface area contributed by atoms with Crippen molar-refractivity contribution in [2.75, 3.05) is 11.1 Å². The van der Waals surface area contributed by atoms with E-state index in [1.165, 1.54) is 12.1 Å². The van der Waals surface area contributed by atoms with Gasteiger partial charge in [-0.25, -0.2) is 9.37 Å². The molecule has 0 fully saturated rings. The normalized spacial score (nSPS) is 10.5. The molecule has 0 radical (unpaired) electrons. The molecule has 0 saturated heterocycles. The van der Waals surface area contributed by atoms with Crippen molar-refractivity contribution in [3.05, 3.63) is 64.5 Å². The fourth-order valence-electron chi connectivity index (χ4n) is 2.02. The third kappa shape index (κ3) is 3.35. The van der Waals surface area contributed by atoms with Gasteiger partial charge in [0.15, 0.2) is 5.13 Å². The maximum Gasteiger partial charge on any atom is 0.206 e. The Morgan fingerprint density at radius 2 is 2.00 bits per heavy atom. The predicted octanol–water partition coefficient (Wildman–Crippen LogP) is 3.54. The van der Waals surface area contributed by atoms with Crippen LogP contribution in [0.5, 0.6) is 0 Å². The summed E-state index contributed by atoms with van der Waals surface area (Å²) in [6.45, 7) is 1.81. The van der Waals surface area contributed by atoms with Gasteiger partial charge in [-0.2, -0.15) is 0 Å². The molecule has 3 N–H and O–H groups in total. The second-order valence-corrected chi connectivity index (χ2v) is 5.88. The van der Waals surface area contributed by atoms with Crippen LogP contribution in [0, 0.1) is 12.7 Å². The molecule has 2 heterocycles. The first-order chi connectivity index (χ1) is 11.0. The van der Waals surface area contributed by atoms with Gasteiger partial charge < -0.3 is 11.1 Å². The third-order valence-electron chi connectivity index (χ3n) is 3.11. The number of benzene rings is 1. The van der Waals surface area contributed by atoms with Crippen molar-refractivity contribution in [3.8, 4) is 0 Å². The topological polar surface area (TPSA) is 80.9 Å². The van der Waals surface area contributed by atoms with Gasteiger partial charge in [-0.15, -0.1) is 0 Å². The number of thiazole rings is 1. The molecule has 0 atom stereocenters. The van der Waals surface area contributed by atoms with Gasteiger partial charge in [0.2, 0.25) is 5.78 Å². The first kappa shape index (κ1) is 15.1. The number of nitrogens with two attached hydrogens (primary N) is 1. The fourth-order valence-corrected chi connectivity index (χ4v) is 2.89. The zero-order valence-corrected chi connectivity index (χ0v) is 13.0. The van der Waals surface area contributed by atoms with Gasteiger partial charge in [0.05, 0.1) is 0 Å². The van der Waals surface area contributed by atoms with Gasteiger partial charge in [-0.3, -0.25) is 9.78 Å². The van der Waals surface area contributed by atoms with Gasteiger partial charge in [-0.1, -0.05) is 11.3 Å². The first-order valence-corrected chi connectivity index (χ1v) is 7.61. The number of nitrogen functional groups attached to an aromatic ring is 1. The van der Waals surface area contributed by atoms with Crippen LogP contribution in [0.25, 0.3) is 0 Å². The molecule has 7 heteroatoms. The second-order valence-electron chi connectivity index (χ2n) is 4.88. The van der Waals surface area contributed by atoms with Crippen LogP contribution in [0.4, 0.5) is 21.0 Å². The molecule has 116 valence electrons. The molecule has 0 amide bonds. The minimum absolute atomic E-state index is 0.166. The zero-order chi connectivity index (χ0) is 16.4. The van der Waals surface area contributed by atoms with Gasteiger partial charge in [0.25, 0.3) is 0 Å². The fraction of sp³-hybridized carbons (Fsp3) is 0.0625. The van der Waals surface area contributed by atoms with E-state index in [-0.39, 0.29) is 17.4 Å². The Bertz CT molecular complexity index is 861. The Morgan fingerprint density at radius 3 is 2.70 bits per heavy atom. The van der Waals surface area contributed by atoms with Crippen molar-refractivity contribution in [2.24, 2.45) is 0 Å². The lowest BCUT2D eigenvalue weighted by Crippen LogP contribution is -2.03. The SMILES string of the molecule is Cc1cc(C(=O)c2sc(Nc3ccc(F)cc3)nc2N)ccn1. The number of ketones is 1. The molecule has 0 unspecified atom stereocenters. The van der Waals surface area contributed by atoms with E-state index in [1.807, 2.05) is 6.92 Å². The third-order valence-corrected chi connectivity index (χ3v) is 4.10. The van der Waals surface area contributed by atoms with E-state index < -0.39 is 0 Å². The van der Waals surface area contributed by atoms with E-state index in [0.29, 0.717) is 21.3 Å². The largest absolute Gasteiger partial charge is 0.382 e. The van der Waals surface area contributed by atoms with Crippen LogP contribution in [-0.2, 0) is 0 Å². The molecule has 3 aromatic rings. The molecule has 0 aliphatic carbocycles. The number of carbonyl (C=O) groups excluding carboxylic acids is 1. The first-order valence-electron chi connectivity index (χ1n) is 6.79. The van der Waals surface area contributed by atoms with E-state index in [2.05, 4.69) is 15.3 Å². The average Bonchev–Trinajstić information content (AvgIpc) is 2.89. The molecule has 2 aromatic heterocycles. The highest BCUT2D eigenvalue weighted by Crippen LogP contribution is 2.29. The standard InChI is InChI=1S/C16H13FN4OS/c1-9-8-10(6-7-19-9)13(22)14-15(18)21-16(23-14)20-12-4-2-11(17)3-5-12/h2-8H,18H2,1H3,(H,20,21). The predicted molar refractivity (Wildman–Crippen MR) is 88.6 cm³/mol. The lowest BCUT2D eigenvalue weighted by molar-refractivity contribution is 0.104. The summed E-state index contributed by atoms with van der Waals surface area (Å²) >= 11 is 1.16. The molecule has 23 heavy (non-hydrogen) atoms. The van der Waals surface area contributed by atoms with Crippen LogP contribution in [-0.4, -0.2) is 15.8 Å². The number of carbonyl (C=O) groups is 1. The Hall–Kier alpha value is -2.80. The summed E-state index contributed by atoms with van der Waals surface area (Å²) in [6, 6.07) is 9.19. The molecular weight excluding hydrogens is 315 g/mol. The summed E-state index contributed by atoms with van der Waals surface area (Å²) < 4.78 is 12.9. The maximum absolute atomic E-state index is 12.9. The number of hydrogen-bond donors (Lipinski definition) is 2. The monoisotopic (exact) mass is 328 g/mol. The van der Waals surface area contributed by atoms with Crippen LogP contribution in [0.3, 0.4) is 0 Å². The summed E-state index contributed by atoms with van der Waals surface area (Å²) in [5, 5.41) is 3.48. The highest BCUT2D eigenvalue weighted by molar-refractivity contribution is 7.18. The van der Waals surface area contributed by atoms with Crippen molar-refractivity contribution in [1.82, 2.24) is 9.97 Å². The van der Waals surface area contributed by atoms with Gasteiger partial charge in [0, 0.05) is 23.1 Å². The minimum atomic E-state index is -0.321. The number of nitrogens with zero attached hydrogens (tertiary/aromatic N) is 2. The summed E-state index contributed by atoms with van der Waals surface area (Å²) in [5.41, 5.74) is 7.79. The van der Waals surface area contributed by atoms with Crippen LogP contribution in [0.2, 0.25) is 0 Å². The molecule has 0 aliphatic heterocycles. The highest BCUT2D eigenvalue weighted by Gasteiger charge is 2.18. The number of aryl methyl sites for hydroxylation is 1. The van der Waals surface area contributed by atoms with Crippen LogP contribution < -0.4 is 11.1 Å². The van der Waals surface area contributed by atoms with E-state index >= 15 is 0 Å². The molecule has 0 aliphatic rings. The molecule has 0 saturated carbocycles. The van der Waals surface area contributed by atoms with Crippen molar-refractivity contribution < 1.29 is 9.18 Å². The molecular formula is C16H13FN4OS. The molecule has 5 nitrogen and oxygen atoms in total. The summed E-state index contributed by atoms with van der Waals surface area (Å²) in [5.74, 6) is -0.352. The van der Waals surface area contributed by atoms with Crippen LogP contribution in [0.15, 0.2) is 42.6 Å². The van der Waals surface area contributed by atoms with Gasteiger partial charge in [-0.05, 0) is 43.3 Å². The van der Waals surface area contributed by atoms with E-state index in [9.17, 15) is 9.18 Å². The quantitative estimate of drug-likeness (QED) is 0.716. The number of pyridine rings is 1. The Morgan fingerprint density at radius 1 is 1.26 bits per heavy atom. The number of rotatable bonds is 4. The van der Waals surface area contributed by atoms with Crippen molar-refractivity contribution in [1.29, 1.82) is 0 Å². The van der Waals surface area contributed by atoms with Crippen molar-refractivity contribution in [2.45, 2.75) is 6.92 Å². The highest BCUT2D eigenvalue weighted by atomic mass is 32.1. The Labute approximate surface area is 136 Å². The molecule has 3 rings (SSSR count).